The van der Waals surface area contributed by atoms with Crippen LogP contribution in [0.15, 0.2) is 66.9 Å². The summed E-state index contributed by atoms with van der Waals surface area (Å²) in [7, 11) is 0. The van der Waals surface area contributed by atoms with E-state index in [1.54, 1.807) is 0 Å². The number of aryl methyl sites for hydroxylation is 1. The van der Waals surface area contributed by atoms with Gasteiger partial charge in [-0.25, -0.2) is 4.98 Å². The van der Waals surface area contributed by atoms with Gasteiger partial charge in [0.25, 0.3) is 0 Å². The Morgan fingerprint density at radius 1 is 0.895 bits per heavy atom. The van der Waals surface area contributed by atoms with Gasteiger partial charge >= 0.3 is 0 Å². The molecule has 0 aliphatic heterocycles. The molecule has 0 radical (unpaired) electrons. The summed E-state index contributed by atoms with van der Waals surface area (Å²) in [5, 5.41) is 3.34. The standard InChI is InChI=1S/C16H15N3/c1-13-12-19(15-10-6-3-7-11-15)16(17-13)18-14-8-4-2-5-9-14/h2-12H,1H3,(H,17,18). The maximum atomic E-state index is 4.53. The second-order valence-corrected chi connectivity index (χ2v) is 4.40. The lowest BCUT2D eigenvalue weighted by Crippen LogP contribution is -2.00. The molecule has 0 aliphatic carbocycles. The van der Waals surface area contributed by atoms with Crippen molar-refractivity contribution in [3.63, 3.8) is 0 Å². The fourth-order valence-electron chi connectivity index (χ4n) is 2.02. The first kappa shape index (κ1) is 11.5. The molecular formula is C16H15N3. The van der Waals surface area contributed by atoms with Crippen molar-refractivity contribution in [2.24, 2.45) is 0 Å². The zero-order valence-corrected chi connectivity index (χ0v) is 10.7. The van der Waals surface area contributed by atoms with Crippen LogP contribution in [-0.4, -0.2) is 9.55 Å². The highest BCUT2D eigenvalue weighted by Crippen LogP contribution is 2.20. The van der Waals surface area contributed by atoms with Gasteiger partial charge in [0.1, 0.15) is 0 Å². The van der Waals surface area contributed by atoms with Crippen molar-refractivity contribution >= 4 is 11.6 Å². The molecule has 0 atom stereocenters. The van der Waals surface area contributed by atoms with Crippen LogP contribution >= 0.6 is 0 Å². The van der Waals surface area contributed by atoms with Crippen molar-refractivity contribution in [3.05, 3.63) is 72.6 Å². The molecule has 0 aliphatic rings. The first-order valence-corrected chi connectivity index (χ1v) is 6.26. The summed E-state index contributed by atoms with van der Waals surface area (Å²) in [6, 6.07) is 20.3. The minimum Gasteiger partial charge on any atom is -0.325 e. The molecule has 3 heteroatoms. The van der Waals surface area contributed by atoms with Crippen LogP contribution in [-0.2, 0) is 0 Å². The summed E-state index contributed by atoms with van der Waals surface area (Å²) >= 11 is 0. The third kappa shape index (κ3) is 2.50. The van der Waals surface area contributed by atoms with Gasteiger partial charge in [0.2, 0.25) is 5.95 Å². The maximum Gasteiger partial charge on any atom is 0.212 e. The van der Waals surface area contributed by atoms with Crippen molar-refractivity contribution in [3.8, 4) is 5.69 Å². The molecule has 0 amide bonds. The summed E-state index contributed by atoms with van der Waals surface area (Å²) in [6.45, 7) is 2.00. The molecular weight excluding hydrogens is 234 g/mol. The topological polar surface area (TPSA) is 29.9 Å². The molecule has 0 spiro atoms. The molecule has 2 aromatic carbocycles. The number of aromatic nitrogens is 2. The van der Waals surface area contributed by atoms with E-state index in [2.05, 4.69) is 27.0 Å². The van der Waals surface area contributed by atoms with E-state index in [1.165, 1.54) is 0 Å². The minimum absolute atomic E-state index is 0.829. The monoisotopic (exact) mass is 249 g/mol. The van der Waals surface area contributed by atoms with E-state index in [9.17, 15) is 0 Å². The van der Waals surface area contributed by atoms with Gasteiger partial charge in [-0.1, -0.05) is 36.4 Å². The van der Waals surface area contributed by atoms with Gasteiger partial charge in [-0.05, 0) is 31.2 Å². The molecule has 0 fully saturated rings. The zero-order valence-electron chi connectivity index (χ0n) is 10.7. The smallest absolute Gasteiger partial charge is 0.212 e. The average molecular weight is 249 g/mol. The van der Waals surface area contributed by atoms with Gasteiger partial charge in [0, 0.05) is 17.6 Å². The molecule has 3 rings (SSSR count). The van der Waals surface area contributed by atoms with Crippen LogP contribution in [0, 0.1) is 6.92 Å². The normalized spacial score (nSPS) is 10.4. The van der Waals surface area contributed by atoms with E-state index in [0.29, 0.717) is 0 Å². The summed E-state index contributed by atoms with van der Waals surface area (Å²) in [5.74, 6) is 0.829. The second kappa shape index (κ2) is 4.98. The molecule has 3 nitrogen and oxygen atoms in total. The molecule has 0 unspecified atom stereocenters. The molecule has 1 heterocycles. The third-order valence-electron chi connectivity index (χ3n) is 2.89. The van der Waals surface area contributed by atoms with Crippen LogP contribution in [0.4, 0.5) is 11.6 Å². The van der Waals surface area contributed by atoms with Gasteiger partial charge < -0.3 is 5.32 Å². The SMILES string of the molecule is Cc1cn(-c2ccccc2)c(Nc2ccccc2)n1. The van der Waals surface area contributed by atoms with Gasteiger partial charge in [-0.3, -0.25) is 4.57 Å². The zero-order chi connectivity index (χ0) is 13.1. The number of rotatable bonds is 3. The van der Waals surface area contributed by atoms with Crippen molar-refractivity contribution in [2.75, 3.05) is 5.32 Å². The Bertz CT molecular complexity index is 657. The number of anilines is 2. The number of benzene rings is 2. The van der Waals surface area contributed by atoms with E-state index in [-0.39, 0.29) is 0 Å². The molecule has 0 saturated carbocycles. The number of hydrogen-bond acceptors (Lipinski definition) is 2. The number of hydrogen-bond donors (Lipinski definition) is 1. The predicted molar refractivity (Wildman–Crippen MR) is 78.0 cm³/mol. The molecule has 0 saturated heterocycles. The Morgan fingerprint density at radius 2 is 1.53 bits per heavy atom. The number of para-hydroxylation sites is 2. The molecule has 0 bridgehead atoms. The lowest BCUT2D eigenvalue weighted by atomic mass is 10.3. The number of nitrogens with one attached hydrogen (secondary N) is 1. The van der Waals surface area contributed by atoms with E-state index in [4.69, 9.17) is 0 Å². The second-order valence-electron chi connectivity index (χ2n) is 4.40. The first-order chi connectivity index (χ1) is 9.33. The van der Waals surface area contributed by atoms with Gasteiger partial charge in [-0.15, -0.1) is 0 Å². The van der Waals surface area contributed by atoms with Crippen LogP contribution in [0.3, 0.4) is 0 Å². The van der Waals surface area contributed by atoms with Gasteiger partial charge in [0.05, 0.1) is 5.69 Å². The summed E-state index contributed by atoms with van der Waals surface area (Å²) in [6.07, 6.45) is 2.03. The Morgan fingerprint density at radius 3 is 2.21 bits per heavy atom. The minimum atomic E-state index is 0.829. The lowest BCUT2D eigenvalue weighted by Gasteiger charge is -2.09. The quantitative estimate of drug-likeness (QED) is 0.762. The van der Waals surface area contributed by atoms with Crippen LogP contribution < -0.4 is 5.32 Å². The summed E-state index contributed by atoms with van der Waals surface area (Å²) in [5.41, 5.74) is 3.12. The fourth-order valence-corrected chi connectivity index (χ4v) is 2.02. The van der Waals surface area contributed by atoms with Crippen molar-refractivity contribution in [1.82, 2.24) is 9.55 Å². The fraction of sp³-hybridized carbons (Fsp3) is 0.0625. The summed E-state index contributed by atoms with van der Waals surface area (Å²) < 4.78 is 2.06. The Labute approximate surface area is 112 Å². The molecule has 94 valence electrons. The number of nitrogens with zero attached hydrogens (tertiary/aromatic N) is 2. The highest BCUT2D eigenvalue weighted by atomic mass is 15.2. The average Bonchev–Trinajstić information content (AvgIpc) is 2.82. The largest absolute Gasteiger partial charge is 0.325 e. The third-order valence-corrected chi connectivity index (χ3v) is 2.89. The van der Waals surface area contributed by atoms with Crippen LogP contribution in [0.1, 0.15) is 5.69 Å². The lowest BCUT2D eigenvalue weighted by molar-refractivity contribution is 1.06. The van der Waals surface area contributed by atoms with Crippen molar-refractivity contribution in [2.45, 2.75) is 6.92 Å². The van der Waals surface area contributed by atoms with E-state index < -0.39 is 0 Å². The van der Waals surface area contributed by atoms with E-state index >= 15 is 0 Å². The Hall–Kier alpha value is -2.55. The Kier molecular flexibility index (Phi) is 3.02. The predicted octanol–water partition coefficient (Wildman–Crippen LogP) is 3.92. The van der Waals surface area contributed by atoms with Gasteiger partial charge in [0.15, 0.2) is 0 Å². The van der Waals surface area contributed by atoms with Gasteiger partial charge in [-0.2, -0.15) is 0 Å². The number of imidazole rings is 1. The highest BCUT2D eigenvalue weighted by molar-refractivity contribution is 5.56. The molecule has 1 aromatic heterocycles. The highest BCUT2D eigenvalue weighted by Gasteiger charge is 2.07. The molecule has 19 heavy (non-hydrogen) atoms. The van der Waals surface area contributed by atoms with E-state index in [0.717, 1.165) is 23.0 Å². The van der Waals surface area contributed by atoms with Crippen LogP contribution in [0.25, 0.3) is 5.69 Å². The van der Waals surface area contributed by atoms with Crippen molar-refractivity contribution in [1.29, 1.82) is 0 Å². The maximum absolute atomic E-state index is 4.53. The van der Waals surface area contributed by atoms with Crippen LogP contribution in [0.5, 0.6) is 0 Å². The molecule has 3 aromatic rings. The van der Waals surface area contributed by atoms with Crippen molar-refractivity contribution < 1.29 is 0 Å². The summed E-state index contributed by atoms with van der Waals surface area (Å²) in [4.78, 5) is 4.53. The van der Waals surface area contributed by atoms with E-state index in [1.807, 2.05) is 61.7 Å². The first-order valence-electron chi connectivity index (χ1n) is 6.26. The van der Waals surface area contributed by atoms with Crippen LogP contribution in [0.2, 0.25) is 0 Å². The molecule has 1 N–H and O–H groups in total. The Balaban J connectivity index is 1.99.